The van der Waals surface area contributed by atoms with Gasteiger partial charge in [0, 0.05) is 30.2 Å². The van der Waals surface area contributed by atoms with Crippen molar-refractivity contribution in [2.24, 2.45) is 0 Å². The average Bonchev–Trinajstić information content (AvgIpc) is 3.13. The molecule has 4 nitrogen and oxygen atoms in total. The van der Waals surface area contributed by atoms with Gasteiger partial charge < -0.3 is 10.2 Å². The van der Waals surface area contributed by atoms with Crippen molar-refractivity contribution in [1.29, 1.82) is 0 Å². The Kier molecular flexibility index (Phi) is 5.60. The highest BCUT2D eigenvalue weighted by Gasteiger charge is 2.16. The molecule has 6 heteroatoms. The monoisotopic (exact) mass is 399 g/mol. The van der Waals surface area contributed by atoms with Crippen LogP contribution in [-0.2, 0) is 6.42 Å². The molecule has 0 radical (unpaired) electrons. The van der Waals surface area contributed by atoms with Crippen LogP contribution < -0.4 is 10.2 Å². The lowest BCUT2D eigenvalue weighted by atomic mass is 10.1. The van der Waals surface area contributed by atoms with E-state index in [0.717, 1.165) is 45.4 Å². The van der Waals surface area contributed by atoms with Crippen LogP contribution in [0.1, 0.15) is 35.2 Å². The molecule has 0 bridgehead atoms. The summed E-state index contributed by atoms with van der Waals surface area (Å²) in [6.45, 7) is 2.76. The lowest BCUT2D eigenvalue weighted by Crippen LogP contribution is -2.29. The molecule has 1 saturated heterocycles. The van der Waals surface area contributed by atoms with Gasteiger partial charge in [-0.3, -0.25) is 4.79 Å². The summed E-state index contributed by atoms with van der Waals surface area (Å²) in [5.74, 6) is -0.0428. The zero-order valence-corrected chi connectivity index (χ0v) is 16.7. The number of piperidine rings is 1. The minimum absolute atomic E-state index is 0.0428. The number of nitrogens with zero attached hydrogens (tertiary/aromatic N) is 2. The highest BCUT2D eigenvalue weighted by Crippen LogP contribution is 2.31. The van der Waals surface area contributed by atoms with Crippen molar-refractivity contribution >= 4 is 44.2 Å². The molecule has 0 unspecified atom stereocenters. The second kappa shape index (κ2) is 8.28. The number of fused-ring (bicyclic) bond motifs is 1. The molecule has 1 fully saturated rings. The van der Waals surface area contributed by atoms with E-state index in [4.69, 9.17) is 16.6 Å². The van der Waals surface area contributed by atoms with E-state index in [2.05, 4.69) is 10.2 Å². The number of aromatic nitrogens is 1. The molecule has 1 amide bonds. The van der Waals surface area contributed by atoms with E-state index in [1.807, 2.05) is 42.5 Å². The Bertz CT molecular complexity index is 932. The molecule has 0 saturated carbocycles. The van der Waals surface area contributed by atoms with Crippen molar-refractivity contribution < 1.29 is 4.79 Å². The number of benzene rings is 2. The summed E-state index contributed by atoms with van der Waals surface area (Å²) in [4.78, 5) is 19.6. The number of halogens is 1. The van der Waals surface area contributed by atoms with Crippen LogP contribution in [0.4, 0.5) is 5.13 Å². The van der Waals surface area contributed by atoms with Gasteiger partial charge in [-0.2, -0.15) is 0 Å². The highest BCUT2D eigenvalue weighted by atomic mass is 35.5. The second-order valence-corrected chi connectivity index (χ2v) is 8.30. The number of thiazole rings is 1. The standard InChI is InChI=1S/C21H22ClN3OS/c22-17-7-4-15(5-8-17)10-11-23-20(26)16-6-9-18-19(14-16)27-21(24-18)25-12-2-1-3-13-25/h4-9,14H,1-3,10-13H2,(H,23,26). The van der Waals surface area contributed by atoms with Crippen LogP contribution in [-0.4, -0.2) is 30.5 Å². The fourth-order valence-corrected chi connectivity index (χ4v) is 4.53. The molecule has 0 spiro atoms. The van der Waals surface area contributed by atoms with Gasteiger partial charge in [0.15, 0.2) is 5.13 Å². The van der Waals surface area contributed by atoms with Crippen molar-refractivity contribution in [2.75, 3.05) is 24.5 Å². The lowest BCUT2D eigenvalue weighted by Gasteiger charge is -2.25. The molecular weight excluding hydrogens is 378 g/mol. The molecule has 2 heterocycles. The first-order valence-electron chi connectivity index (χ1n) is 9.37. The van der Waals surface area contributed by atoms with Crippen LogP contribution >= 0.6 is 22.9 Å². The molecular formula is C21H22ClN3OS. The van der Waals surface area contributed by atoms with Gasteiger partial charge in [0.2, 0.25) is 0 Å². The van der Waals surface area contributed by atoms with Crippen LogP contribution in [0.3, 0.4) is 0 Å². The van der Waals surface area contributed by atoms with Crippen LogP contribution in [0, 0.1) is 0 Å². The normalized spacial score (nSPS) is 14.5. The number of anilines is 1. The first kappa shape index (κ1) is 18.3. The number of rotatable bonds is 5. The summed E-state index contributed by atoms with van der Waals surface area (Å²) in [6.07, 6.45) is 4.56. The average molecular weight is 400 g/mol. The van der Waals surface area contributed by atoms with Crippen LogP contribution in [0.2, 0.25) is 5.02 Å². The Morgan fingerprint density at radius 2 is 1.89 bits per heavy atom. The molecule has 4 rings (SSSR count). The zero-order valence-electron chi connectivity index (χ0n) is 15.1. The Hall–Kier alpha value is -2.11. The summed E-state index contributed by atoms with van der Waals surface area (Å²) in [5.41, 5.74) is 2.81. The molecule has 140 valence electrons. The van der Waals surface area contributed by atoms with Gasteiger partial charge in [-0.05, 0) is 61.6 Å². The maximum Gasteiger partial charge on any atom is 0.251 e. The smallest absolute Gasteiger partial charge is 0.251 e. The van der Waals surface area contributed by atoms with Crippen molar-refractivity contribution in [3.63, 3.8) is 0 Å². The number of carbonyl (C=O) groups excluding carboxylic acids is 1. The van der Waals surface area contributed by atoms with E-state index in [1.165, 1.54) is 19.3 Å². The van der Waals surface area contributed by atoms with E-state index < -0.39 is 0 Å². The molecule has 0 atom stereocenters. The van der Waals surface area contributed by atoms with Crippen molar-refractivity contribution in [3.05, 3.63) is 58.6 Å². The highest BCUT2D eigenvalue weighted by molar-refractivity contribution is 7.22. The minimum Gasteiger partial charge on any atom is -0.352 e. The van der Waals surface area contributed by atoms with Crippen molar-refractivity contribution in [2.45, 2.75) is 25.7 Å². The van der Waals surface area contributed by atoms with Gasteiger partial charge in [0.1, 0.15) is 0 Å². The summed E-state index contributed by atoms with van der Waals surface area (Å²) in [5, 5.41) is 4.80. The molecule has 1 aromatic heterocycles. The van der Waals surface area contributed by atoms with Crippen LogP contribution in [0.5, 0.6) is 0 Å². The zero-order chi connectivity index (χ0) is 18.6. The van der Waals surface area contributed by atoms with Gasteiger partial charge in [-0.1, -0.05) is 35.1 Å². The van der Waals surface area contributed by atoms with E-state index in [9.17, 15) is 4.79 Å². The van der Waals surface area contributed by atoms with E-state index in [0.29, 0.717) is 12.1 Å². The fourth-order valence-electron chi connectivity index (χ4n) is 3.35. The molecule has 27 heavy (non-hydrogen) atoms. The number of nitrogens with one attached hydrogen (secondary N) is 1. The fraction of sp³-hybridized carbons (Fsp3) is 0.333. The maximum absolute atomic E-state index is 12.5. The Labute approximate surface area is 168 Å². The third-order valence-electron chi connectivity index (χ3n) is 4.88. The third kappa shape index (κ3) is 4.42. The first-order valence-corrected chi connectivity index (χ1v) is 10.6. The van der Waals surface area contributed by atoms with Gasteiger partial charge in [-0.15, -0.1) is 0 Å². The van der Waals surface area contributed by atoms with Crippen LogP contribution in [0.25, 0.3) is 10.2 Å². The number of hydrogen-bond acceptors (Lipinski definition) is 4. The summed E-state index contributed by atoms with van der Waals surface area (Å²) in [7, 11) is 0. The molecule has 1 N–H and O–H groups in total. The predicted molar refractivity (Wildman–Crippen MR) is 113 cm³/mol. The molecule has 1 aliphatic heterocycles. The maximum atomic E-state index is 12.5. The third-order valence-corrected chi connectivity index (χ3v) is 6.21. The van der Waals surface area contributed by atoms with Crippen LogP contribution in [0.15, 0.2) is 42.5 Å². The predicted octanol–water partition coefficient (Wildman–Crippen LogP) is 4.91. The molecule has 3 aromatic rings. The second-order valence-electron chi connectivity index (χ2n) is 6.86. The molecule has 1 aliphatic rings. The minimum atomic E-state index is -0.0428. The Balaban J connectivity index is 1.40. The Morgan fingerprint density at radius 1 is 1.11 bits per heavy atom. The van der Waals surface area contributed by atoms with Crippen molar-refractivity contribution in [1.82, 2.24) is 10.3 Å². The van der Waals surface area contributed by atoms with E-state index >= 15 is 0 Å². The number of hydrogen-bond donors (Lipinski definition) is 1. The summed E-state index contributed by atoms with van der Waals surface area (Å²) in [6, 6.07) is 13.5. The number of amides is 1. The van der Waals surface area contributed by atoms with Gasteiger partial charge in [-0.25, -0.2) is 4.98 Å². The quantitative estimate of drug-likeness (QED) is 0.662. The van der Waals surface area contributed by atoms with Crippen molar-refractivity contribution in [3.8, 4) is 0 Å². The number of carbonyl (C=O) groups is 1. The van der Waals surface area contributed by atoms with E-state index in [-0.39, 0.29) is 5.91 Å². The first-order chi connectivity index (χ1) is 13.2. The topological polar surface area (TPSA) is 45.2 Å². The Morgan fingerprint density at radius 3 is 2.67 bits per heavy atom. The summed E-state index contributed by atoms with van der Waals surface area (Å²) < 4.78 is 1.07. The SMILES string of the molecule is O=C(NCCc1ccc(Cl)cc1)c1ccc2nc(N3CCCCC3)sc2c1. The van der Waals surface area contributed by atoms with E-state index in [1.54, 1.807) is 11.3 Å². The lowest BCUT2D eigenvalue weighted by molar-refractivity contribution is 0.0954. The molecule has 2 aromatic carbocycles. The molecule has 0 aliphatic carbocycles. The van der Waals surface area contributed by atoms with Gasteiger partial charge in [0.05, 0.1) is 10.2 Å². The van der Waals surface area contributed by atoms with Gasteiger partial charge in [0.25, 0.3) is 5.91 Å². The summed E-state index contributed by atoms with van der Waals surface area (Å²) >= 11 is 7.58. The largest absolute Gasteiger partial charge is 0.352 e. The van der Waals surface area contributed by atoms with Gasteiger partial charge >= 0.3 is 0 Å².